The molecule has 5 nitrogen and oxygen atoms in total. The summed E-state index contributed by atoms with van der Waals surface area (Å²) in [5.74, 6) is 0.0702. The van der Waals surface area contributed by atoms with E-state index in [2.05, 4.69) is 29.5 Å². The van der Waals surface area contributed by atoms with Crippen LogP contribution in [0, 0.1) is 20.8 Å². The van der Waals surface area contributed by atoms with Crippen molar-refractivity contribution in [1.29, 1.82) is 0 Å². The summed E-state index contributed by atoms with van der Waals surface area (Å²) < 4.78 is 1.83. The number of hydrogen-bond acceptors (Lipinski definition) is 3. The van der Waals surface area contributed by atoms with Gasteiger partial charge in [0.05, 0.1) is 5.69 Å². The van der Waals surface area contributed by atoms with Crippen LogP contribution in [0.2, 0.25) is 0 Å². The molecule has 1 aliphatic rings. The maximum absolute atomic E-state index is 12.7. The van der Waals surface area contributed by atoms with Gasteiger partial charge >= 0.3 is 0 Å². The van der Waals surface area contributed by atoms with Gasteiger partial charge in [-0.15, -0.1) is 0 Å². The number of pyridine rings is 1. The second-order valence-corrected chi connectivity index (χ2v) is 7.91. The van der Waals surface area contributed by atoms with E-state index in [1.165, 1.54) is 29.5 Å². The molecular formula is C23H28N4O. The molecular weight excluding hydrogens is 348 g/mol. The lowest BCUT2D eigenvalue weighted by molar-refractivity contribution is -0.116. The third-order valence-corrected chi connectivity index (χ3v) is 6.00. The van der Waals surface area contributed by atoms with Crippen LogP contribution >= 0.6 is 0 Å². The monoisotopic (exact) mass is 376 g/mol. The Balaban J connectivity index is 1.52. The van der Waals surface area contributed by atoms with Crippen LogP contribution in [0.1, 0.15) is 52.9 Å². The van der Waals surface area contributed by atoms with Gasteiger partial charge in [0, 0.05) is 30.2 Å². The average molecular weight is 377 g/mol. The minimum absolute atomic E-state index is 0.0702. The lowest BCUT2D eigenvalue weighted by Gasteiger charge is -2.19. The second-order valence-electron chi connectivity index (χ2n) is 7.91. The fraction of sp³-hybridized carbons (Fsp3) is 0.435. The molecule has 0 fully saturated rings. The summed E-state index contributed by atoms with van der Waals surface area (Å²) in [4.78, 5) is 17.4. The van der Waals surface area contributed by atoms with Crippen LogP contribution in [-0.2, 0) is 31.1 Å². The van der Waals surface area contributed by atoms with Crippen molar-refractivity contribution in [3.8, 4) is 0 Å². The largest absolute Gasteiger partial charge is 0.326 e. The van der Waals surface area contributed by atoms with Gasteiger partial charge in [-0.05, 0) is 81.2 Å². The first-order valence-corrected chi connectivity index (χ1v) is 10.2. The van der Waals surface area contributed by atoms with Gasteiger partial charge in [0.15, 0.2) is 5.65 Å². The number of amides is 1. The molecule has 0 aliphatic heterocycles. The lowest BCUT2D eigenvalue weighted by atomic mass is 9.90. The normalized spacial score (nSPS) is 13.6. The fourth-order valence-electron chi connectivity index (χ4n) is 4.58. The number of nitrogens with zero attached hydrogens (tertiary/aromatic N) is 3. The minimum atomic E-state index is 0.0702. The Hall–Kier alpha value is -2.69. The molecule has 0 atom stereocenters. The number of fused-ring (bicyclic) bond motifs is 2. The van der Waals surface area contributed by atoms with E-state index in [0.717, 1.165) is 46.5 Å². The molecule has 0 spiro atoms. The van der Waals surface area contributed by atoms with E-state index in [9.17, 15) is 4.79 Å². The summed E-state index contributed by atoms with van der Waals surface area (Å²) in [5.41, 5.74) is 8.94. The zero-order valence-electron chi connectivity index (χ0n) is 17.2. The summed E-state index contributed by atoms with van der Waals surface area (Å²) >= 11 is 0. The van der Waals surface area contributed by atoms with Crippen LogP contribution in [0.15, 0.2) is 18.2 Å². The number of carbonyl (C=O) groups is 1. The zero-order chi connectivity index (χ0) is 19.8. The van der Waals surface area contributed by atoms with Crippen molar-refractivity contribution in [2.45, 2.75) is 59.3 Å². The SMILES string of the molecule is Cc1nc2c(c(C)nn2C)c(C)c1CCC(=O)Nc1cccc2c1CCCC2. The number of nitrogens with one attached hydrogen (secondary N) is 1. The van der Waals surface area contributed by atoms with E-state index in [0.29, 0.717) is 12.8 Å². The number of hydrogen-bond donors (Lipinski definition) is 1. The van der Waals surface area contributed by atoms with Crippen LogP contribution in [-0.4, -0.2) is 20.7 Å². The second kappa shape index (κ2) is 7.38. The number of aryl methyl sites for hydroxylation is 5. The van der Waals surface area contributed by atoms with E-state index in [1.807, 2.05) is 31.6 Å². The Morgan fingerprint density at radius 3 is 2.75 bits per heavy atom. The van der Waals surface area contributed by atoms with Crippen molar-refractivity contribution < 1.29 is 4.79 Å². The molecule has 0 unspecified atom stereocenters. The van der Waals surface area contributed by atoms with Gasteiger partial charge in [-0.3, -0.25) is 9.48 Å². The first kappa shape index (κ1) is 18.7. The molecule has 1 amide bonds. The van der Waals surface area contributed by atoms with E-state index >= 15 is 0 Å². The third-order valence-electron chi connectivity index (χ3n) is 6.00. The fourth-order valence-corrected chi connectivity index (χ4v) is 4.58. The van der Waals surface area contributed by atoms with Crippen LogP contribution in [0.3, 0.4) is 0 Å². The lowest BCUT2D eigenvalue weighted by Crippen LogP contribution is -2.16. The molecule has 1 aromatic carbocycles. The molecule has 5 heteroatoms. The van der Waals surface area contributed by atoms with Gasteiger partial charge in [0.25, 0.3) is 0 Å². The van der Waals surface area contributed by atoms with Gasteiger partial charge < -0.3 is 5.32 Å². The summed E-state index contributed by atoms with van der Waals surface area (Å²) in [5, 5.41) is 8.77. The Morgan fingerprint density at radius 2 is 1.93 bits per heavy atom. The molecule has 0 saturated carbocycles. The Bertz CT molecular complexity index is 1060. The standard InChI is InChI=1S/C23H28N4O/c1-14-18(15(2)24-23-22(14)16(3)26-27(23)4)12-13-21(28)25-20-11-7-9-17-8-5-6-10-19(17)20/h7,9,11H,5-6,8,10,12-13H2,1-4H3,(H,25,28). The molecule has 3 aromatic rings. The van der Waals surface area contributed by atoms with Crippen molar-refractivity contribution in [2.24, 2.45) is 7.05 Å². The first-order valence-electron chi connectivity index (χ1n) is 10.2. The average Bonchev–Trinajstić information content (AvgIpc) is 2.95. The molecule has 0 saturated heterocycles. The summed E-state index contributed by atoms with van der Waals surface area (Å²) in [6.07, 6.45) is 5.77. The number of rotatable bonds is 4. The van der Waals surface area contributed by atoms with Crippen molar-refractivity contribution in [3.63, 3.8) is 0 Å². The van der Waals surface area contributed by atoms with Crippen LogP contribution in [0.4, 0.5) is 5.69 Å². The molecule has 4 rings (SSSR count). The highest BCUT2D eigenvalue weighted by atomic mass is 16.1. The maximum Gasteiger partial charge on any atom is 0.224 e. The maximum atomic E-state index is 12.7. The van der Waals surface area contributed by atoms with Gasteiger partial charge in [0.2, 0.25) is 5.91 Å². The molecule has 1 aliphatic carbocycles. The molecule has 28 heavy (non-hydrogen) atoms. The van der Waals surface area contributed by atoms with E-state index < -0.39 is 0 Å². The van der Waals surface area contributed by atoms with Crippen LogP contribution < -0.4 is 5.32 Å². The smallest absolute Gasteiger partial charge is 0.224 e. The van der Waals surface area contributed by atoms with Crippen LogP contribution in [0.5, 0.6) is 0 Å². The van der Waals surface area contributed by atoms with Gasteiger partial charge in [-0.2, -0.15) is 5.10 Å². The number of aromatic nitrogens is 3. The van der Waals surface area contributed by atoms with Crippen molar-refractivity contribution in [3.05, 3.63) is 51.8 Å². The Labute approximate surface area is 166 Å². The first-order chi connectivity index (χ1) is 13.5. The molecule has 2 aromatic heterocycles. The summed E-state index contributed by atoms with van der Waals surface area (Å²) in [6, 6.07) is 6.27. The topological polar surface area (TPSA) is 59.8 Å². The predicted molar refractivity (Wildman–Crippen MR) is 113 cm³/mol. The van der Waals surface area contributed by atoms with Crippen molar-refractivity contribution in [2.75, 3.05) is 5.32 Å². The van der Waals surface area contributed by atoms with Gasteiger partial charge in [-0.1, -0.05) is 12.1 Å². The summed E-state index contributed by atoms with van der Waals surface area (Å²) in [6.45, 7) is 6.16. The molecule has 146 valence electrons. The highest BCUT2D eigenvalue weighted by molar-refractivity contribution is 5.92. The summed E-state index contributed by atoms with van der Waals surface area (Å²) in [7, 11) is 1.93. The number of anilines is 1. The van der Waals surface area contributed by atoms with Gasteiger partial charge in [0.1, 0.15) is 0 Å². The van der Waals surface area contributed by atoms with Gasteiger partial charge in [-0.25, -0.2) is 4.98 Å². The third kappa shape index (κ3) is 3.30. The van der Waals surface area contributed by atoms with E-state index in [-0.39, 0.29) is 5.91 Å². The van der Waals surface area contributed by atoms with Crippen molar-refractivity contribution >= 4 is 22.6 Å². The predicted octanol–water partition coefficient (Wildman–Crippen LogP) is 4.34. The zero-order valence-corrected chi connectivity index (χ0v) is 17.2. The molecule has 2 heterocycles. The van der Waals surface area contributed by atoms with Crippen LogP contribution in [0.25, 0.3) is 11.0 Å². The minimum Gasteiger partial charge on any atom is -0.326 e. The van der Waals surface area contributed by atoms with Crippen molar-refractivity contribution in [1.82, 2.24) is 14.8 Å². The number of benzene rings is 1. The molecule has 1 N–H and O–H groups in total. The van der Waals surface area contributed by atoms with E-state index in [4.69, 9.17) is 4.98 Å². The number of carbonyl (C=O) groups excluding carboxylic acids is 1. The van der Waals surface area contributed by atoms with E-state index in [1.54, 1.807) is 0 Å². The molecule has 0 radical (unpaired) electrons. The Kier molecular flexibility index (Phi) is 4.92. The highest BCUT2D eigenvalue weighted by Crippen LogP contribution is 2.29. The highest BCUT2D eigenvalue weighted by Gasteiger charge is 2.17. The Morgan fingerprint density at radius 1 is 1.14 bits per heavy atom. The molecule has 0 bridgehead atoms. The quantitative estimate of drug-likeness (QED) is 0.737.